The van der Waals surface area contributed by atoms with Crippen LogP contribution >= 0.6 is 0 Å². The third kappa shape index (κ3) is 2.02. The lowest BCUT2D eigenvalue weighted by Crippen LogP contribution is -2.47. The highest BCUT2D eigenvalue weighted by Gasteiger charge is 2.44. The molecule has 0 unspecified atom stereocenters. The monoisotopic (exact) mass is 210 g/mol. The minimum atomic E-state index is -0.572. The Hall–Kier alpha value is -0.970. The summed E-state index contributed by atoms with van der Waals surface area (Å²) in [4.78, 5) is 0. The molecule has 1 aromatic heterocycles. The summed E-state index contributed by atoms with van der Waals surface area (Å²) in [7, 11) is 1.80. The van der Waals surface area contributed by atoms with Crippen molar-refractivity contribution in [1.29, 1.82) is 0 Å². The maximum atomic E-state index is 10.2. The smallest absolute Gasteiger partial charge is 0.153 e. The lowest BCUT2D eigenvalue weighted by molar-refractivity contribution is -0.0877. The maximum Gasteiger partial charge on any atom is 0.153 e. The topological polar surface area (TPSA) is 63.8 Å². The molecule has 0 aliphatic heterocycles. The molecule has 0 spiro atoms. The Labute approximate surface area is 89.5 Å². The van der Waals surface area contributed by atoms with E-state index in [1.807, 2.05) is 0 Å². The van der Waals surface area contributed by atoms with Gasteiger partial charge in [-0.1, -0.05) is 13.8 Å². The van der Waals surface area contributed by atoms with Crippen molar-refractivity contribution >= 4 is 0 Å². The van der Waals surface area contributed by atoms with Gasteiger partial charge in [0.1, 0.15) is 0 Å². The van der Waals surface area contributed by atoms with Crippen molar-refractivity contribution in [2.75, 3.05) is 0 Å². The van der Waals surface area contributed by atoms with Gasteiger partial charge in [0, 0.05) is 13.5 Å². The number of hydrogen-bond acceptors (Lipinski definition) is 4. The Bertz CT molecular complexity index is 341. The van der Waals surface area contributed by atoms with E-state index in [0.29, 0.717) is 18.3 Å². The third-order valence-electron chi connectivity index (χ3n) is 3.42. The van der Waals surface area contributed by atoms with Gasteiger partial charge in [0.25, 0.3) is 0 Å². The summed E-state index contributed by atoms with van der Waals surface area (Å²) in [5.74, 6) is 2.07. The number of nitrogens with zero attached hydrogens (tertiary/aromatic N) is 4. The highest BCUT2D eigenvalue weighted by Crippen LogP contribution is 2.43. The van der Waals surface area contributed by atoms with Gasteiger partial charge >= 0.3 is 0 Å². The van der Waals surface area contributed by atoms with Gasteiger partial charge in [-0.2, -0.15) is 0 Å². The molecule has 1 N–H and O–H groups in total. The van der Waals surface area contributed by atoms with Crippen LogP contribution in [0.3, 0.4) is 0 Å². The summed E-state index contributed by atoms with van der Waals surface area (Å²) in [6.07, 6.45) is 2.31. The van der Waals surface area contributed by atoms with E-state index in [1.165, 1.54) is 0 Å². The van der Waals surface area contributed by atoms with Crippen molar-refractivity contribution in [1.82, 2.24) is 20.2 Å². The normalized spacial score (nSPS) is 30.6. The molecule has 0 atom stereocenters. The van der Waals surface area contributed by atoms with Gasteiger partial charge in [-0.05, 0) is 35.1 Å². The van der Waals surface area contributed by atoms with Gasteiger partial charge in [0.15, 0.2) is 5.82 Å². The van der Waals surface area contributed by atoms with Crippen LogP contribution < -0.4 is 0 Å². The number of aryl methyl sites for hydroxylation is 1. The van der Waals surface area contributed by atoms with Gasteiger partial charge in [-0.3, -0.25) is 0 Å². The molecular formula is C10H18N4O. The zero-order valence-electron chi connectivity index (χ0n) is 9.51. The minimum absolute atomic E-state index is 0.569. The van der Waals surface area contributed by atoms with Crippen molar-refractivity contribution < 1.29 is 5.11 Å². The Balaban J connectivity index is 1.95. The molecule has 1 heterocycles. The van der Waals surface area contributed by atoms with Gasteiger partial charge in [0.2, 0.25) is 0 Å². The molecule has 1 saturated carbocycles. The fourth-order valence-corrected chi connectivity index (χ4v) is 2.22. The Morgan fingerprint density at radius 1 is 1.53 bits per heavy atom. The van der Waals surface area contributed by atoms with Gasteiger partial charge in [-0.25, -0.2) is 4.68 Å². The third-order valence-corrected chi connectivity index (χ3v) is 3.42. The average molecular weight is 210 g/mol. The molecule has 1 aromatic rings. The van der Waals surface area contributed by atoms with Crippen LogP contribution in [-0.4, -0.2) is 30.9 Å². The Morgan fingerprint density at radius 3 is 2.67 bits per heavy atom. The number of rotatable bonds is 3. The van der Waals surface area contributed by atoms with E-state index in [0.717, 1.165) is 18.7 Å². The molecule has 0 saturated heterocycles. The summed E-state index contributed by atoms with van der Waals surface area (Å²) in [5.41, 5.74) is -0.572. The summed E-state index contributed by atoms with van der Waals surface area (Å²) >= 11 is 0. The number of hydrogen-bond donors (Lipinski definition) is 1. The van der Waals surface area contributed by atoms with E-state index in [2.05, 4.69) is 29.4 Å². The van der Waals surface area contributed by atoms with E-state index < -0.39 is 5.60 Å². The van der Waals surface area contributed by atoms with Crippen LogP contribution in [0.4, 0.5) is 0 Å². The van der Waals surface area contributed by atoms with Crippen LogP contribution in [0, 0.1) is 11.8 Å². The predicted octanol–water partition coefficient (Wildman–Crippen LogP) is 0.550. The first kappa shape index (κ1) is 10.5. The number of aromatic nitrogens is 4. The molecule has 0 amide bonds. The van der Waals surface area contributed by atoms with Crippen molar-refractivity contribution in [3.05, 3.63) is 5.82 Å². The first-order valence-electron chi connectivity index (χ1n) is 5.44. The lowest BCUT2D eigenvalue weighted by atomic mass is 9.65. The summed E-state index contributed by atoms with van der Waals surface area (Å²) in [6.45, 7) is 4.41. The maximum absolute atomic E-state index is 10.2. The molecule has 84 valence electrons. The van der Waals surface area contributed by atoms with Gasteiger partial charge < -0.3 is 5.11 Å². The average Bonchev–Trinajstić information content (AvgIpc) is 2.47. The summed E-state index contributed by atoms with van der Waals surface area (Å²) < 4.78 is 1.63. The van der Waals surface area contributed by atoms with E-state index in [9.17, 15) is 5.11 Å². The zero-order chi connectivity index (χ0) is 11.1. The van der Waals surface area contributed by atoms with Crippen LogP contribution in [-0.2, 0) is 13.5 Å². The molecule has 0 radical (unpaired) electrons. The van der Waals surface area contributed by atoms with Crippen LogP contribution in [0.1, 0.15) is 32.5 Å². The molecule has 1 aliphatic carbocycles. The van der Waals surface area contributed by atoms with E-state index in [1.54, 1.807) is 11.7 Å². The summed E-state index contributed by atoms with van der Waals surface area (Å²) in [6, 6.07) is 0. The van der Waals surface area contributed by atoms with Crippen molar-refractivity contribution in [2.24, 2.45) is 18.9 Å². The Morgan fingerprint density at radius 2 is 2.20 bits per heavy atom. The number of aliphatic hydroxyl groups is 1. The molecule has 15 heavy (non-hydrogen) atoms. The molecule has 2 rings (SSSR count). The van der Waals surface area contributed by atoms with Gasteiger partial charge in [-0.15, -0.1) is 5.10 Å². The van der Waals surface area contributed by atoms with Crippen LogP contribution in [0.5, 0.6) is 0 Å². The largest absolute Gasteiger partial charge is 0.389 e. The highest BCUT2D eigenvalue weighted by molar-refractivity contribution is 5.01. The van der Waals surface area contributed by atoms with Crippen LogP contribution in [0.2, 0.25) is 0 Å². The highest BCUT2D eigenvalue weighted by atomic mass is 16.3. The fourth-order valence-electron chi connectivity index (χ4n) is 2.22. The molecule has 0 aromatic carbocycles. The second-order valence-electron chi connectivity index (χ2n) is 5.03. The second-order valence-corrected chi connectivity index (χ2v) is 5.03. The molecule has 1 aliphatic rings. The van der Waals surface area contributed by atoms with Crippen molar-refractivity contribution in [3.8, 4) is 0 Å². The zero-order valence-corrected chi connectivity index (χ0v) is 9.51. The first-order valence-corrected chi connectivity index (χ1v) is 5.44. The standard InChI is InChI=1S/C10H18N4O/c1-7(2)8-4-10(15,5-8)6-9-11-12-13-14(9)3/h7-8,15H,4-6H2,1-3H3. The first-order chi connectivity index (χ1) is 7.00. The quantitative estimate of drug-likeness (QED) is 0.791. The van der Waals surface area contributed by atoms with Crippen LogP contribution in [0.25, 0.3) is 0 Å². The van der Waals surface area contributed by atoms with Crippen molar-refractivity contribution in [3.63, 3.8) is 0 Å². The lowest BCUT2D eigenvalue weighted by Gasteiger charge is -2.45. The van der Waals surface area contributed by atoms with Gasteiger partial charge in [0.05, 0.1) is 5.60 Å². The van der Waals surface area contributed by atoms with Crippen LogP contribution in [0.15, 0.2) is 0 Å². The molecule has 1 fully saturated rings. The van der Waals surface area contributed by atoms with Crippen molar-refractivity contribution in [2.45, 2.75) is 38.7 Å². The van der Waals surface area contributed by atoms with E-state index in [-0.39, 0.29) is 0 Å². The second kappa shape index (κ2) is 3.56. The van der Waals surface area contributed by atoms with E-state index in [4.69, 9.17) is 0 Å². The van der Waals surface area contributed by atoms with E-state index >= 15 is 0 Å². The molecular weight excluding hydrogens is 192 g/mol. The molecule has 5 heteroatoms. The minimum Gasteiger partial charge on any atom is -0.389 e. The summed E-state index contributed by atoms with van der Waals surface area (Å²) in [5, 5.41) is 21.4. The molecule has 0 bridgehead atoms. The predicted molar refractivity (Wildman–Crippen MR) is 55.0 cm³/mol. The molecule has 5 nitrogen and oxygen atoms in total. The fraction of sp³-hybridized carbons (Fsp3) is 0.900. The Kier molecular flexibility index (Phi) is 2.50. The SMILES string of the molecule is CC(C)C1CC(O)(Cc2nnnn2C)C1. The number of tetrazole rings is 1.